The first-order valence-electron chi connectivity index (χ1n) is 8.92. The van der Waals surface area contributed by atoms with E-state index in [1.165, 1.54) is 0 Å². The molecule has 4 rings (SSSR count). The first-order chi connectivity index (χ1) is 13.6. The van der Waals surface area contributed by atoms with E-state index in [2.05, 4.69) is 20.8 Å². The number of rotatable bonds is 4. The van der Waals surface area contributed by atoms with Crippen LogP contribution in [0.25, 0.3) is 10.2 Å². The second kappa shape index (κ2) is 7.97. The molecule has 2 heterocycles. The highest BCUT2D eigenvalue weighted by Crippen LogP contribution is 2.40. The van der Waals surface area contributed by atoms with E-state index in [1.807, 2.05) is 41.3 Å². The molecule has 3 aromatic rings. The Morgan fingerprint density at radius 1 is 1.11 bits per heavy atom. The van der Waals surface area contributed by atoms with Crippen molar-refractivity contribution in [2.75, 3.05) is 45.3 Å². The molecule has 6 nitrogen and oxygen atoms in total. The topological polar surface area (TPSA) is 54.9 Å². The van der Waals surface area contributed by atoms with Crippen LogP contribution in [0.15, 0.2) is 40.9 Å². The van der Waals surface area contributed by atoms with Crippen molar-refractivity contribution in [3.05, 3.63) is 46.4 Å². The van der Waals surface area contributed by atoms with Gasteiger partial charge < -0.3 is 19.3 Å². The lowest BCUT2D eigenvalue weighted by atomic mass is 10.2. The number of piperazine rings is 1. The number of ether oxygens (including phenoxy) is 2. The van der Waals surface area contributed by atoms with Crippen molar-refractivity contribution >= 4 is 48.5 Å². The molecule has 0 aliphatic carbocycles. The molecule has 2 aromatic carbocycles. The highest BCUT2D eigenvalue weighted by Gasteiger charge is 2.25. The summed E-state index contributed by atoms with van der Waals surface area (Å²) in [6, 6.07) is 11.4. The van der Waals surface area contributed by atoms with Gasteiger partial charge >= 0.3 is 0 Å². The number of amides is 1. The van der Waals surface area contributed by atoms with Crippen LogP contribution in [0.4, 0.5) is 5.13 Å². The van der Waals surface area contributed by atoms with E-state index in [0.29, 0.717) is 30.2 Å². The Morgan fingerprint density at radius 3 is 2.57 bits per heavy atom. The lowest BCUT2D eigenvalue weighted by molar-refractivity contribution is 0.0746. The monoisotopic (exact) mass is 461 g/mol. The summed E-state index contributed by atoms with van der Waals surface area (Å²) in [7, 11) is 3.25. The fraction of sp³-hybridized carbons (Fsp3) is 0.300. The standard InChI is InChI=1S/C20H20BrN3O3S/c1-26-15-6-7-16-17(18(15)27-2)22-20(28-16)24-10-8-23(9-11-24)19(25)13-4-3-5-14(21)12-13/h3-7,12H,8-11H2,1-2H3. The van der Waals surface area contributed by atoms with Gasteiger partial charge in [-0.2, -0.15) is 0 Å². The van der Waals surface area contributed by atoms with Gasteiger partial charge in [0.15, 0.2) is 16.6 Å². The summed E-state index contributed by atoms with van der Waals surface area (Å²) >= 11 is 5.06. The molecule has 0 radical (unpaired) electrons. The zero-order chi connectivity index (χ0) is 19.7. The Balaban J connectivity index is 1.50. The minimum Gasteiger partial charge on any atom is -0.493 e. The maximum absolute atomic E-state index is 12.7. The van der Waals surface area contributed by atoms with Crippen molar-refractivity contribution in [1.29, 1.82) is 0 Å². The van der Waals surface area contributed by atoms with Crippen LogP contribution in [0, 0.1) is 0 Å². The molecule has 0 N–H and O–H groups in total. The largest absolute Gasteiger partial charge is 0.493 e. The van der Waals surface area contributed by atoms with Crippen molar-refractivity contribution in [1.82, 2.24) is 9.88 Å². The van der Waals surface area contributed by atoms with E-state index >= 15 is 0 Å². The quantitative estimate of drug-likeness (QED) is 0.586. The lowest BCUT2D eigenvalue weighted by Crippen LogP contribution is -2.48. The predicted octanol–water partition coefficient (Wildman–Crippen LogP) is 4.04. The SMILES string of the molecule is COc1ccc2sc(N3CCN(C(=O)c4cccc(Br)c4)CC3)nc2c1OC. The number of carbonyl (C=O) groups is 1. The molecule has 8 heteroatoms. The Kier molecular flexibility index (Phi) is 5.41. The van der Waals surface area contributed by atoms with Crippen LogP contribution in [0.5, 0.6) is 11.5 Å². The number of nitrogens with zero attached hydrogens (tertiary/aromatic N) is 3. The molecule has 0 saturated carbocycles. The third-order valence-corrected chi connectivity index (χ3v) is 6.37. The average molecular weight is 462 g/mol. The molecule has 0 spiro atoms. The molecule has 1 aliphatic heterocycles. The van der Waals surface area contributed by atoms with Gasteiger partial charge in [-0.3, -0.25) is 4.79 Å². The van der Waals surface area contributed by atoms with Gasteiger partial charge in [0.25, 0.3) is 5.91 Å². The Hall–Kier alpha value is -2.32. The normalized spacial score (nSPS) is 14.4. The number of benzene rings is 2. The highest BCUT2D eigenvalue weighted by atomic mass is 79.9. The van der Waals surface area contributed by atoms with Gasteiger partial charge in [-0.1, -0.05) is 33.3 Å². The number of anilines is 1. The Morgan fingerprint density at radius 2 is 1.89 bits per heavy atom. The summed E-state index contributed by atoms with van der Waals surface area (Å²) in [5.74, 6) is 1.40. The van der Waals surface area contributed by atoms with Crippen LogP contribution in [-0.4, -0.2) is 56.2 Å². The van der Waals surface area contributed by atoms with Crippen LogP contribution in [0.2, 0.25) is 0 Å². The second-order valence-corrected chi connectivity index (χ2v) is 8.36. The molecule has 1 fully saturated rings. The van der Waals surface area contributed by atoms with Crippen LogP contribution in [-0.2, 0) is 0 Å². The highest BCUT2D eigenvalue weighted by molar-refractivity contribution is 9.10. The molecule has 28 heavy (non-hydrogen) atoms. The van der Waals surface area contributed by atoms with Crippen molar-refractivity contribution < 1.29 is 14.3 Å². The fourth-order valence-corrected chi connectivity index (χ4v) is 4.75. The van der Waals surface area contributed by atoms with Gasteiger partial charge in [-0.05, 0) is 30.3 Å². The number of hydrogen-bond donors (Lipinski definition) is 0. The molecular formula is C20H20BrN3O3S. The number of halogens is 1. The average Bonchev–Trinajstić information content (AvgIpc) is 3.17. The Bertz CT molecular complexity index is 1020. The third kappa shape index (κ3) is 3.54. The predicted molar refractivity (Wildman–Crippen MR) is 115 cm³/mol. The number of fused-ring (bicyclic) bond motifs is 1. The minimum absolute atomic E-state index is 0.0663. The molecule has 1 saturated heterocycles. The summed E-state index contributed by atoms with van der Waals surface area (Å²) in [4.78, 5) is 21.6. The van der Waals surface area contributed by atoms with Gasteiger partial charge in [0, 0.05) is 36.2 Å². The number of carbonyl (C=O) groups excluding carboxylic acids is 1. The summed E-state index contributed by atoms with van der Waals surface area (Å²) in [5, 5.41) is 0.941. The smallest absolute Gasteiger partial charge is 0.254 e. The zero-order valence-electron chi connectivity index (χ0n) is 15.6. The molecule has 1 amide bonds. The first-order valence-corrected chi connectivity index (χ1v) is 10.5. The maximum atomic E-state index is 12.7. The molecule has 1 aromatic heterocycles. The van der Waals surface area contributed by atoms with Crippen LogP contribution < -0.4 is 14.4 Å². The summed E-state index contributed by atoms with van der Waals surface area (Å²) < 4.78 is 12.8. The number of aromatic nitrogens is 1. The molecule has 0 bridgehead atoms. The Labute approximate surface area is 175 Å². The molecule has 0 unspecified atom stereocenters. The van der Waals surface area contributed by atoms with Crippen molar-refractivity contribution in [2.45, 2.75) is 0 Å². The van der Waals surface area contributed by atoms with E-state index in [4.69, 9.17) is 14.5 Å². The van der Waals surface area contributed by atoms with E-state index in [0.717, 1.165) is 32.9 Å². The van der Waals surface area contributed by atoms with E-state index in [9.17, 15) is 4.79 Å². The van der Waals surface area contributed by atoms with E-state index in [-0.39, 0.29) is 5.91 Å². The van der Waals surface area contributed by atoms with Crippen LogP contribution in [0.1, 0.15) is 10.4 Å². The molecular weight excluding hydrogens is 442 g/mol. The van der Waals surface area contributed by atoms with Gasteiger partial charge in [-0.15, -0.1) is 0 Å². The number of hydrogen-bond acceptors (Lipinski definition) is 6. The van der Waals surface area contributed by atoms with Crippen molar-refractivity contribution in [2.24, 2.45) is 0 Å². The van der Waals surface area contributed by atoms with E-state index in [1.54, 1.807) is 25.6 Å². The van der Waals surface area contributed by atoms with Gasteiger partial charge in [0.2, 0.25) is 0 Å². The molecule has 146 valence electrons. The van der Waals surface area contributed by atoms with Crippen molar-refractivity contribution in [3.63, 3.8) is 0 Å². The molecule has 0 atom stereocenters. The minimum atomic E-state index is 0.0663. The van der Waals surface area contributed by atoms with Crippen LogP contribution in [0.3, 0.4) is 0 Å². The summed E-state index contributed by atoms with van der Waals surface area (Å²) in [6.07, 6.45) is 0. The first kappa shape index (κ1) is 19.0. The number of thiazole rings is 1. The van der Waals surface area contributed by atoms with Gasteiger partial charge in [-0.25, -0.2) is 4.98 Å². The fourth-order valence-electron chi connectivity index (χ4n) is 3.34. The van der Waals surface area contributed by atoms with Gasteiger partial charge in [0.1, 0.15) is 5.52 Å². The van der Waals surface area contributed by atoms with Gasteiger partial charge in [0.05, 0.1) is 18.9 Å². The number of methoxy groups -OCH3 is 2. The van der Waals surface area contributed by atoms with Crippen molar-refractivity contribution in [3.8, 4) is 11.5 Å². The third-order valence-electron chi connectivity index (χ3n) is 4.80. The maximum Gasteiger partial charge on any atom is 0.254 e. The second-order valence-electron chi connectivity index (χ2n) is 6.43. The summed E-state index contributed by atoms with van der Waals surface area (Å²) in [6.45, 7) is 2.83. The van der Waals surface area contributed by atoms with E-state index < -0.39 is 0 Å². The molecule has 1 aliphatic rings. The lowest BCUT2D eigenvalue weighted by Gasteiger charge is -2.34. The van der Waals surface area contributed by atoms with Crippen LogP contribution >= 0.6 is 27.3 Å². The zero-order valence-corrected chi connectivity index (χ0v) is 18.0. The summed E-state index contributed by atoms with van der Waals surface area (Å²) in [5.41, 5.74) is 1.52.